The molecule has 0 unspecified atom stereocenters. The summed E-state index contributed by atoms with van der Waals surface area (Å²) in [7, 11) is -4.06. The zero-order valence-electron chi connectivity index (χ0n) is 16.6. The molecular formula is C26H20NO3P. The molecule has 1 N–H and O–H groups in total. The van der Waals surface area contributed by atoms with E-state index in [1.54, 1.807) is 0 Å². The summed E-state index contributed by atoms with van der Waals surface area (Å²) in [6, 6.07) is 37.8. The molecule has 31 heavy (non-hydrogen) atoms. The maximum absolute atomic E-state index is 6.87. The van der Waals surface area contributed by atoms with Crippen molar-refractivity contribution in [1.29, 1.82) is 0 Å². The van der Waals surface area contributed by atoms with Crippen molar-refractivity contribution in [2.24, 2.45) is 0 Å². The molecule has 6 rings (SSSR count). The second kappa shape index (κ2) is 6.63. The molecule has 4 aromatic rings. The number of benzene rings is 4. The van der Waals surface area contributed by atoms with Crippen LogP contribution in [0.3, 0.4) is 0 Å². The summed E-state index contributed by atoms with van der Waals surface area (Å²) < 4.78 is 20.5. The molecule has 4 nitrogen and oxygen atoms in total. The van der Waals surface area contributed by atoms with E-state index in [1.807, 2.05) is 115 Å². The molecular weight excluding hydrogens is 405 g/mol. The fraction of sp³-hybridized carbons (Fsp3) is 0. The average molecular weight is 425 g/mol. The monoisotopic (exact) mass is 425 g/mol. The van der Waals surface area contributed by atoms with E-state index in [2.05, 4.69) is 4.99 Å². The van der Waals surface area contributed by atoms with Gasteiger partial charge in [-0.15, -0.1) is 0 Å². The molecule has 1 spiro atoms. The molecule has 2 aliphatic heterocycles. The first-order valence-electron chi connectivity index (χ1n) is 10.2. The van der Waals surface area contributed by atoms with Crippen molar-refractivity contribution >= 4 is 18.5 Å². The molecule has 0 atom stereocenters. The van der Waals surface area contributed by atoms with E-state index < -0.39 is 7.28 Å². The molecule has 0 saturated heterocycles. The van der Waals surface area contributed by atoms with Crippen molar-refractivity contribution < 1.29 is 18.6 Å². The summed E-state index contributed by atoms with van der Waals surface area (Å²) in [5.41, 5.74) is 1.89. The molecule has 0 bridgehead atoms. The number of hydrogen-bond acceptors (Lipinski definition) is 3. The van der Waals surface area contributed by atoms with Gasteiger partial charge in [0, 0.05) is 0 Å². The van der Waals surface area contributed by atoms with Gasteiger partial charge in [0.15, 0.2) is 0 Å². The van der Waals surface area contributed by atoms with Gasteiger partial charge in [0.25, 0.3) is 0 Å². The van der Waals surface area contributed by atoms with E-state index in [4.69, 9.17) is 13.6 Å². The maximum atomic E-state index is 6.87. The van der Waals surface area contributed by atoms with Gasteiger partial charge >= 0.3 is 181 Å². The van der Waals surface area contributed by atoms with E-state index in [-0.39, 0.29) is 0 Å². The van der Waals surface area contributed by atoms with Crippen LogP contribution >= 0.6 is 7.28 Å². The van der Waals surface area contributed by atoms with Crippen molar-refractivity contribution in [2.75, 3.05) is 0 Å². The van der Waals surface area contributed by atoms with Crippen LogP contribution in [0.4, 0.5) is 0 Å². The van der Waals surface area contributed by atoms with Gasteiger partial charge < -0.3 is 0 Å². The van der Waals surface area contributed by atoms with Gasteiger partial charge in [-0.1, -0.05) is 0 Å². The molecule has 152 valence electrons. The predicted molar refractivity (Wildman–Crippen MR) is 122 cm³/mol. The predicted octanol–water partition coefficient (Wildman–Crippen LogP) is 4.18. The first kappa shape index (κ1) is 18.1. The molecule has 4 aromatic carbocycles. The minimum absolute atomic E-state index is 0.619. The Morgan fingerprint density at radius 1 is 0.548 bits per heavy atom. The van der Waals surface area contributed by atoms with Gasteiger partial charge in [0.1, 0.15) is 0 Å². The van der Waals surface area contributed by atoms with Gasteiger partial charge in [-0.3, -0.25) is 0 Å². The SMILES string of the molecule is c1ccc(C2=[NH+][C-](c3ccccc3)P3(c4ccccc4)(O2)Oc2ccccc2O3)cc1. The van der Waals surface area contributed by atoms with Crippen LogP contribution in [0, 0.1) is 5.78 Å². The van der Waals surface area contributed by atoms with Gasteiger partial charge in [-0.2, -0.15) is 0 Å². The molecule has 0 amide bonds. The fourth-order valence-corrected chi connectivity index (χ4v) is 8.16. The molecule has 2 aliphatic rings. The van der Waals surface area contributed by atoms with Crippen LogP contribution in [-0.2, 0) is 4.52 Å². The van der Waals surface area contributed by atoms with Crippen LogP contribution < -0.4 is 19.3 Å². The van der Waals surface area contributed by atoms with Gasteiger partial charge in [0.05, 0.1) is 0 Å². The molecule has 0 aliphatic carbocycles. The van der Waals surface area contributed by atoms with Gasteiger partial charge in [-0.05, 0) is 0 Å². The van der Waals surface area contributed by atoms with E-state index in [1.165, 1.54) is 0 Å². The fourth-order valence-electron chi connectivity index (χ4n) is 4.12. The van der Waals surface area contributed by atoms with Gasteiger partial charge in [-0.25, -0.2) is 0 Å². The van der Waals surface area contributed by atoms with Crippen LogP contribution in [0.15, 0.2) is 115 Å². The second-order valence-electron chi connectivity index (χ2n) is 7.47. The Hall–Kier alpha value is -3.75. The number of para-hydroxylation sites is 2. The van der Waals surface area contributed by atoms with E-state index >= 15 is 0 Å². The van der Waals surface area contributed by atoms with E-state index in [9.17, 15) is 0 Å². The van der Waals surface area contributed by atoms with E-state index in [0.29, 0.717) is 17.4 Å². The molecule has 5 heteroatoms. The van der Waals surface area contributed by atoms with Crippen molar-refractivity contribution in [3.8, 4) is 11.5 Å². The van der Waals surface area contributed by atoms with Crippen molar-refractivity contribution in [3.63, 3.8) is 0 Å². The number of nitrogens with one attached hydrogen (secondary N) is 1. The third-order valence-electron chi connectivity index (χ3n) is 5.54. The Kier molecular flexibility index (Phi) is 3.86. The summed E-state index contributed by atoms with van der Waals surface area (Å²) in [6.07, 6.45) is 0. The summed E-state index contributed by atoms with van der Waals surface area (Å²) >= 11 is 0. The Morgan fingerprint density at radius 3 is 1.68 bits per heavy atom. The van der Waals surface area contributed by atoms with Crippen LogP contribution in [-0.4, -0.2) is 5.90 Å². The zero-order valence-corrected chi connectivity index (χ0v) is 17.5. The topological polar surface area (TPSA) is 41.7 Å². The third-order valence-corrected chi connectivity index (χ3v) is 9.44. The Bertz CT molecular complexity index is 1250. The number of fused-ring (bicyclic) bond motifs is 1. The van der Waals surface area contributed by atoms with Crippen LogP contribution in [0.5, 0.6) is 11.5 Å². The summed E-state index contributed by atoms with van der Waals surface area (Å²) in [5, 5.41) is 0.863. The third kappa shape index (κ3) is 2.59. The standard InChI is InChI=1S/C26H20NO3P/c1-4-12-20(13-5-1)25-27-26(21-14-6-2-7-15-21)31(30-25,22-16-8-3-9-17-22)28-23-18-10-11-19-24(23)29-31/h1-19,27H. The first-order chi connectivity index (χ1) is 15.3. The summed E-state index contributed by atoms with van der Waals surface area (Å²) in [5.74, 6) is 2.77. The first-order valence-corrected chi connectivity index (χ1v) is 12.2. The molecule has 0 radical (unpaired) electrons. The van der Waals surface area contributed by atoms with Crippen LogP contribution in [0.25, 0.3) is 0 Å². The Morgan fingerprint density at radius 2 is 1.06 bits per heavy atom. The molecule has 0 fully saturated rings. The Balaban J connectivity index is 1.64. The van der Waals surface area contributed by atoms with Crippen LogP contribution in [0.2, 0.25) is 0 Å². The normalized spacial score (nSPS) is 18.6. The Labute approximate surface area is 180 Å². The van der Waals surface area contributed by atoms with Crippen molar-refractivity contribution in [2.45, 2.75) is 0 Å². The molecule has 0 aromatic heterocycles. The second-order valence-corrected chi connectivity index (χ2v) is 10.8. The quantitative estimate of drug-likeness (QED) is 0.396. The summed E-state index contributed by atoms with van der Waals surface area (Å²) in [6.45, 7) is 0. The zero-order chi connectivity index (χ0) is 20.8. The van der Waals surface area contributed by atoms with Crippen molar-refractivity contribution in [1.82, 2.24) is 0 Å². The van der Waals surface area contributed by atoms with Crippen molar-refractivity contribution in [3.05, 3.63) is 132 Å². The average Bonchev–Trinajstić information content (AvgIpc) is 3.38. The number of rotatable bonds is 3. The van der Waals surface area contributed by atoms with E-state index in [0.717, 1.165) is 22.2 Å². The molecule has 0 saturated carbocycles. The summed E-state index contributed by atoms with van der Waals surface area (Å²) in [4.78, 5) is 3.55. The molecule has 2 heterocycles. The minimum atomic E-state index is -4.06. The van der Waals surface area contributed by atoms with Gasteiger partial charge in [0.2, 0.25) is 0 Å². The number of hydrogen-bond donors (Lipinski definition) is 1. The van der Waals surface area contributed by atoms with Crippen LogP contribution in [0.1, 0.15) is 11.1 Å².